The third-order valence-corrected chi connectivity index (χ3v) is 3.68. The van der Waals surface area contributed by atoms with E-state index >= 15 is 0 Å². The first-order valence-corrected chi connectivity index (χ1v) is 7.50. The van der Waals surface area contributed by atoms with Crippen molar-refractivity contribution >= 4 is 16.9 Å². The molecule has 0 aliphatic rings. The summed E-state index contributed by atoms with van der Waals surface area (Å²) in [5.41, 5.74) is 3.08. The Labute approximate surface area is 129 Å². The van der Waals surface area contributed by atoms with Crippen LogP contribution in [-0.2, 0) is 11.2 Å². The second kappa shape index (κ2) is 6.43. The van der Waals surface area contributed by atoms with E-state index in [1.165, 1.54) is 5.56 Å². The zero-order valence-corrected chi connectivity index (χ0v) is 12.5. The van der Waals surface area contributed by atoms with Crippen molar-refractivity contribution in [3.05, 3.63) is 66.0 Å². The summed E-state index contributed by atoms with van der Waals surface area (Å²) in [6, 6.07) is 17.8. The summed E-state index contributed by atoms with van der Waals surface area (Å²) in [5, 5.41) is 2.99. The summed E-state index contributed by atoms with van der Waals surface area (Å²) in [7, 11) is 0. The molecule has 4 nitrogen and oxygen atoms in total. The monoisotopic (exact) mass is 293 g/mol. The summed E-state index contributed by atoms with van der Waals surface area (Å²) < 4.78 is 0. The SMILES string of the molecule is CC(NC(=O)CCc1ccccc1)c1nc2ccccc2[nH]1. The maximum atomic E-state index is 12.1. The number of carbonyl (C=O) groups is 1. The number of fused-ring (bicyclic) bond motifs is 1. The van der Waals surface area contributed by atoms with Crippen molar-refractivity contribution in [1.82, 2.24) is 15.3 Å². The van der Waals surface area contributed by atoms with E-state index in [9.17, 15) is 4.79 Å². The van der Waals surface area contributed by atoms with Crippen molar-refractivity contribution in [2.45, 2.75) is 25.8 Å². The number of hydrogen-bond donors (Lipinski definition) is 2. The predicted molar refractivity (Wildman–Crippen MR) is 87.4 cm³/mol. The quantitative estimate of drug-likeness (QED) is 0.757. The van der Waals surface area contributed by atoms with Crippen LogP contribution in [0.2, 0.25) is 0 Å². The van der Waals surface area contributed by atoms with Crippen LogP contribution in [0.1, 0.15) is 30.8 Å². The summed E-state index contributed by atoms with van der Waals surface area (Å²) in [6.07, 6.45) is 1.23. The van der Waals surface area contributed by atoms with Gasteiger partial charge in [-0.25, -0.2) is 4.98 Å². The van der Waals surface area contributed by atoms with E-state index in [2.05, 4.69) is 15.3 Å². The highest BCUT2D eigenvalue weighted by atomic mass is 16.1. The van der Waals surface area contributed by atoms with Gasteiger partial charge in [0.05, 0.1) is 17.1 Å². The van der Waals surface area contributed by atoms with Gasteiger partial charge in [0.15, 0.2) is 0 Å². The Bertz CT molecular complexity index is 731. The molecule has 4 heteroatoms. The maximum Gasteiger partial charge on any atom is 0.220 e. The van der Waals surface area contributed by atoms with Crippen molar-refractivity contribution in [3.63, 3.8) is 0 Å². The van der Waals surface area contributed by atoms with Crippen LogP contribution in [0.15, 0.2) is 54.6 Å². The van der Waals surface area contributed by atoms with Crippen LogP contribution in [0.25, 0.3) is 11.0 Å². The Balaban J connectivity index is 1.58. The van der Waals surface area contributed by atoms with Crippen molar-refractivity contribution in [3.8, 4) is 0 Å². The Morgan fingerprint density at radius 3 is 2.64 bits per heavy atom. The highest BCUT2D eigenvalue weighted by Crippen LogP contribution is 2.15. The molecule has 22 heavy (non-hydrogen) atoms. The van der Waals surface area contributed by atoms with Gasteiger partial charge in [-0.1, -0.05) is 42.5 Å². The molecule has 112 valence electrons. The molecule has 1 heterocycles. The lowest BCUT2D eigenvalue weighted by Crippen LogP contribution is -2.27. The molecule has 0 radical (unpaired) electrons. The Kier molecular flexibility index (Phi) is 4.19. The second-order valence-corrected chi connectivity index (χ2v) is 5.41. The predicted octanol–water partition coefficient (Wildman–Crippen LogP) is 3.37. The van der Waals surface area contributed by atoms with Crippen LogP contribution in [0.4, 0.5) is 0 Å². The van der Waals surface area contributed by atoms with Gasteiger partial charge >= 0.3 is 0 Å². The number of aryl methyl sites for hydroxylation is 1. The number of nitrogens with one attached hydrogen (secondary N) is 2. The number of carbonyl (C=O) groups excluding carboxylic acids is 1. The van der Waals surface area contributed by atoms with E-state index < -0.39 is 0 Å². The number of aromatic nitrogens is 2. The van der Waals surface area contributed by atoms with E-state index in [1.807, 2.05) is 61.5 Å². The highest BCUT2D eigenvalue weighted by Gasteiger charge is 2.13. The number of aromatic amines is 1. The highest BCUT2D eigenvalue weighted by molar-refractivity contribution is 5.77. The fourth-order valence-corrected chi connectivity index (χ4v) is 2.46. The third-order valence-electron chi connectivity index (χ3n) is 3.68. The van der Waals surface area contributed by atoms with Crippen LogP contribution < -0.4 is 5.32 Å². The molecule has 0 aliphatic carbocycles. The van der Waals surface area contributed by atoms with Gasteiger partial charge in [-0.15, -0.1) is 0 Å². The summed E-state index contributed by atoms with van der Waals surface area (Å²) in [4.78, 5) is 19.8. The molecule has 0 fully saturated rings. The lowest BCUT2D eigenvalue weighted by atomic mass is 10.1. The van der Waals surface area contributed by atoms with Crippen LogP contribution in [0.3, 0.4) is 0 Å². The normalized spacial score (nSPS) is 12.2. The van der Waals surface area contributed by atoms with Crippen molar-refractivity contribution < 1.29 is 4.79 Å². The number of rotatable bonds is 5. The molecule has 1 atom stereocenters. The molecule has 0 saturated heterocycles. The van der Waals surface area contributed by atoms with Gasteiger partial charge in [0, 0.05) is 6.42 Å². The average Bonchev–Trinajstić information content (AvgIpc) is 2.98. The molecule has 0 saturated carbocycles. The summed E-state index contributed by atoms with van der Waals surface area (Å²) in [6.45, 7) is 1.94. The van der Waals surface area contributed by atoms with E-state index in [-0.39, 0.29) is 11.9 Å². The zero-order valence-electron chi connectivity index (χ0n) is 12.5. The van der Waals surface area contributed by atoms with Gasteiger partial charge < -0.3 is 10.3 Å². The molecular weight excluding hydrogens is 274 g/mol. The molecule has 2 aromatic carbocycles. The minimum Gasteiger partial charge on any atom is -0.346 e. The van der Waals surface area contributed by atoms with Gasteiger partial charge in [-0.05, 0) is 31.0 Å². The lowest BCUT2D eigenvalue weighted by molar-refractivity contribution is -0.121. The molecule has 3 aromatic rings. The average molecular weight is 293 g/mol. The standard InChI is InChI=1S/C18H19N3O/c1-13(18-20-15-9-5-6-10-16(15)21-18)19-17(22)12-11-14-7-3-2-4-8-14/h2-10,13H,11-12H2,1H3,(H,19,22)(H,20,21). The third kappa shape index (κ3) is 3.34. The smallest absolute Gasteiger partial charge is 0.220 e. The van der Waals surface area contributed by atoms with E-state index in [4.69, 9.17) is 0 Å². The van der Waals surface area contributed by atoms with Crippen LogP contribution in [0.5, 0.6) is 0 Å². The number of para-hydroxylation sites is 2. The van der Waals surface area contributed by atoms with Gasteiger partial charge in [0.2, 0.25) is 5.91 Å². The van der Waals surface area contributed by atoms with Gasteiger partial charge in [0.1, 0.15) is 5.82 Å². The van der Waals surface area contributed by atoms with Crippen LogP contribution in [-0.4, -0.2) is 15.9 Å². The molecule has 2 N–H and O–H groups in total. The number of imidazole rings is 1. The number of amides is 1. The van der Waals surface area contributed by atoms with E-state index in [0.717, 1.165) is 23.3 Å². The van der Waals surface area contributed by atoms with Crippen LogP contribution in [0, 0.1) is 0 Å². The summed E-state index contributed by atoms with van der Waals surface area (Å²) in [5.74, 6) is 0.825. The Hall–Kier alpha value is -2.62. The molecule has 0 bridgehead atoms. The van der Waals surface area contributed by atoms with Gasteiger partial charge in [-0.2, -0.15) is 0 Å². The number of H-pyrrole nitrogens is 1. The number of hydrogen-bond acceptors (Lipinski definition) is 2. The first-order valence-electron chi connectivity index (χ1n) is 7.50. The minimum atomic E-state index is -0.129. The van der Waals surface area contributed by atoms with Crippen molar-refractivity contribution in [2.24, 2.45) is 0 Å². The first kappa shape index (κ1) is 14.3. The molecule has 0 aliphatic heterocycles. The zero-order chi connectivity index (χ0) is 15.4. The van der Waals surface area contributed by atoms with Gasteiger partial charge in [-0.3, -0.25) is 4.79 Å². The largest absolute Gasteiger partial charge is 0.346 e. The van der Waals surface area contributed by atoms with Crippen molar-refractivity contribution in [2.75, 3.05) is 0 Å². The Morgan fingerprint density at radius 2 is 1.86 bits per heavy atom. The molecule has 3 rings (SSSR count). The fourth-order valence-electron chi connectivity index (χ4n) is 2.46. The Morgan fingerprint density at radius 1 is 1.14 bits per heavy atom. The van der Waals surface area contributed by atoms with E-state index in [1.54, 1.807) is 0 Å². The fraction of sp³-hybridized carbons (Fsp3) is 0.222. The lowest BCUT2D eigenvalue weighted by Gasteiger charge is -2.11. The van der Waals surface area contributed by atoms with E-state index in [0.29, 0.717) is 6.42 Å². The number of nitrogens with zero attached hydrogens (tertiary/aromatic N) is 1. The van der Waals surface area contributed by atoms with Crippen LogP contribution >= 0.6 is 0 Å². The van der Waals surface area contributed by atoms with Gasteiger partial charge in [0.25, 0.3) is 0 Å². The second-order valence-electron chi connectivity index (χ2n) is 5.41. The minimum absolute atomic E-state index is 0.0387. The maximum absolute atomic E-state index is 12.1. The topological polar surface area (TPSA) is 57.8 Å². The first-order chi connectivity index (χ1) is 10.7. The molecule has 1 unspecified atom stereocenters. The van der Waals surface area contributed by atoms with Crippen molar-refractivity contribution in [1.29, 1.82) is 0 Å². The molecule has 1 amide bonds. The molecule has 1 aromatic heterocycles. The summed E-state index contributed by atoms with van der Waals surface area (Å²) >= 11 is 0. The molecule has 0 spiro atoms. The number of benzene rings is 2. The molecular formula is C18H19N3O.